The molecule has 3 heteroatoms. The number of hydrogen-bond donors (Lipinski definition) is 1. The summed E-state index contributed by atoms with van der Waals surface area (Å²) in [6.07, 6.45) is 34.0. The highest BCUT2D eigenvalue weighted by Crippen LogP contribution is 2.12. The number of esters is 1. The summed E-state index contributed by atoms with van der Waals surface area (Å²) in [6.45, 7) is 3.21. The molecule has 0 unspecified atom stereocenters. The Morgan fingerprint density at radius 2 is 1.00 bits per heavy atom. The van der Waals surface area contributed by atoms with Crippen molar-refractivity contribution in [1.82, 2.24) is 0 Å². The minimum atomic E-state index is -0.00416. The predicted molar refractivity (Wildman–Crippen MR) is 144 cm³/mol. The number of aliphatic hydroxyl groups excluding tert-OH is 1. The lowest BCUT2D eigenvalue weighted by Crippen LogP contribution is -2.05. The van der Waals surface area contributed by atoms with E-state index in [9.17, 15) is 4.79 Å². The van der Waals surface area contributed by atoms with Crippen LogP contribution < -0.4 is 0 Å². The van der Waals surface area contributed by atoms with Gasteiger partial charge in [0.25, 0.3) is 0 Å². The zero-order valence-electron chi connectivity index (χ0n) is 22.3. The molecule has 0 amide bonds. The van der Waals surface area contributed by atoms with Crippen LogP contribution in [0.4, 0.5) is 0 Å². The van der Waals surface area contributed by atoms with E-state index in [-0.39, 0.29) is 5.97 Å². The Labute approximate surface area is 207 Å². The molecule has 0 saturated carbocycles. The highest BCUT2D eigenvalue weighted by molar-refractivity contribution is 5.69. The molecule has 0 fully saturated rings. The Balaban J connectivity index is 3.19. The van der Waals surface area contributed by atoms with Crippen LogP contribution in [0.2, 0.25) is 0 Å². The molecule has 0 heterocycles. The van der Waals surface area contributed by atoms with Gasteiger partial charge in [0, 0.05) is 13.0 Å². The number of allylic oxidation sites excluding steroid dienone is 2. The first-order valence-corrected chi connectivity index (χ1v) is 14.7. The highest BCUT2D eigenvalue weighted by Gasteiger charge is 2.02. The van der Waals surface area contributed by atoms with Gasteiger partial charge in [0.1, 0.15) is 0 Å². The molecule has 3 nitrogen and oxygen atoms in total. The molecule has 0 rings (SSSR count). The molecule has 0 bridgehead atoms. The summed E-state index contributed by atoms with van der Waals surface area (Å²) in [4.78, 5) is 11.8. The highest BCUT2D eigenvalue weighted by atomic mass is 16.5. The van der Waals surface area contributed by atoms with Crippen molar-refractivity contribution in [2.75, 3.05) is 13.2 Å². The van der Waals surface area contributed by atoms with E-state index >= 15 is 0 Å². The third-order valence-corrected chi connectivity index (χ3v) is 6.46. The van der Waals surface area contributed by atoms with Gasteiger partial charge >= 0.3 is 5.97 Å². The first kappa shape index (κ1) is 32.2. The van der Waals surface area contributed by atoms with E-state index in [1.165, 1.54) is 122 Å². The van der Waals surface area contributed by atoms with Crippen molar-refractivity contribution < 1.29 is 14.6 Å². The summed E-state index contributed by atoms with van der Waals surface area (Å²) in [6, 6.07) is 0. The molecule has 196 valence electrons. The molecule has 0 aromatic carbocycles. The van der Waals surface area contributed by atoms with Crippen molar-refractivity contribution in [2.24, 2.45) is 0 Å². The Hall–Kier alpha value is -0.830. The average Bonchev–Trinajstić information content (AvgIpc) is 2.82. The number of carbonyl (C=O) groups excluding carboxylic acids is 1. The zero-order valence-corrected chi connectivity index (χ0v) is 22.3. The van der Waals surface area contributed by atoms with E-state index in [0.29, 0.717) is 19.6 Å². The fraction of sp³-hybridized carbons (Fsp3) is 0.900. The number of carbonyl (C=O) groups is 1. The van der Waals surface area contributed by atoms with Gasteiger partial charge in [0.15, 0.2) is 0 Å². The van der Waals surface area contributed by atoms with E-state index in [1.54, 1.807) is 0 Å². The van der Waals surface area contributed by atoms with E-state index in [2.05, 4.69) is 19.1 Å². The lowest BCUT2D eigenvalue weighted by atomic mass is 10.1. The van der Waals surface area contributed by atoms with Gasteiger partial charge in [-0.1, -0.05) is 122 Å². The van der Waals surface area contributed by atoms with Crippen LogP contribution in [-0.2, 0) is 9.53 Å². The lowest BCUT2D eigenvalue weighted by Gasteiger charge is -2.05. The summed E-state index contributed by atoms with van der Waals surface area (Å²) in [7, 11) is 0. The maximum absolute atomic E-state index is 11.8. The van der Waals surface area contributed by atoms with Crippen LogP contribution >= 0.6 is 0 Å². The van der Waals surface area contributed by atoms with E-state index in [1.807, 2.05) is 0 Å². The predicted octanol–water partition coefficient (Wildman–Crippen LogP) is 9.46. The molecule has 0 spiro atoms. The molecule has 33 heavy (non-hydrogen) atoms. The van der Waals surface area contributed by atoms with Crippen molar-refractivity contribution in [2.45, 2.75) is 161 Å². The van der Waals surface area contributed by atoms with Crippen LogP contribution in [0.1, 0.15) is 161 Å². The van der Waals surface area contributed by atoms with Crippen LogP contribution in [0.25, 0.3) is 0 Å². The van der Waals surface area contributed by atoms with Gasteiger partial charge in [-0.15, -0.1) is 0 Å². The Morgan fingerprint density at radius 1 is 0.576 bits per heavy atom. The van der Waals surface area contributed by atoms with Crippen molar-refractivity contribution in [3.05, 3.63) is 12.2 Å². The molecular formula is C30H58O3. The van der Waals surface area contributed by atoms with E-state index in [0.717, 1.165) is 25.7 Å². The second-order valence-corrected chi connectivity index (χ2v) is 9.81. The minimum absolute atomic E-state index is 0.00416. The fourth-order valence-corrected chi connectivity index (χ4v) is 4.23. The van der Waals surface area contributed by atoms with Gasteiger partial charge in [0.05, 0.1) is 6.61 Å². The van der Waals surface area contributed by atoms with Gasteiger partial charge in [-0.3, -0.25) is 4.79 Å². The van der Waals surface area contributed by atoms with Crippen LogP contribution in [0.3, 0.4) is 0 Å². The number of rotatable bonds is 27. The Morgan fingerprint density at radius 3 is 1.52 bits per heavy atom. The third-order valence-electron chi connectivity index (χ3n) is 6.46. The fourth-order valence-electron chi connectivity index (χ4n) is 4.23. The van der Waals surface area contributed by atoms with E-state index < -0.39 is 0 Å². The van der Waals surface area contributed by atoms with Gasteiger partial charge in [-0.05, 0) is 44.9 Å². The minimum Gasteiger partial charge on any atom is -0.466 e. The number of unbranched alkanes of at least 4 members (excludes halogenated alkanes) is 20. The molecule has 0 aromatic heterocycles. The molecular weight excluding hydrogens is 408 g/mol. The largest absolute Gasteiger partial charge is 0.466 e. The molecule has 0 aliphatic heterocycles. The second kappa shape index (κ2) is 29.2. The van der Waals surface area contributed by atoms with Crippen LogP contribution in [-0.4, -0.2) is 24.3 Å². The number of aliphatic hydroxyl groups is 1. The van der Waals surface area contributed by atoms with Crippen molar-refractivity contribution in [3.63, 3.8) is 0 Å². The summed E-state index contributed by atoms with van der Waals surface area (Å²) in [5.74, 6) is -0.00416. The smallest absolute Gasteiger partial charge is 0.305 e. The topological polar surface area (TPSA) is 46.5 Å². The van der Waals surface area contributed by atoms with Crippen LogP contribution in [0.5, 0.6) is 0 Å². The first-order chi connectivity index (χ1) is 16.3. The Bertz CT molecular complexity index is 405. The maximum atomic E-state index is 11.8. The summed E-state index contributed by atoms with van der Waals surface area (Å²) in [5, 5.41) is 8.75. The van der Waals surface area contributed by atoms with Crippen molar-refractivity contribution >= 4 is 5.97 Å². The SMILES string of the molecule is CCCCCCCC/C=C\CCCCCCCC(=O)OCCCCCCCCCCCCO. The second-order valence-electron chi connectivity index (χ2n) is 9.81. The normalized spacial score (nSPS) is 11.5. The monoisotopic (exact) mass is 466 g/mol. The molecule has 0 aliphatic rings. The number of hydrogen-bond acceptors (Lipinski definition) is 3. The molecule has 0 saturated heterocycles. The van der Waals surface area contributed by atoms with Gasteiger partial charge in [-0.25, -0.2) is 0 Å². The summed E-state index contributed by atoms with van der Waals surface area (Å²) >= 11 is 0. The molecule has 0 aliphatic carbocycles. The van der Waals surface area contributed by atoms with Crippen molar-refractivity contribution in [1.29, 1.82) is 0 Å². The molecule has 0 radical (unpaired) electrons. The van der Waals surface area contributed by atoms with E-state index in [4.69, 9.17) is 9.84 Å². The first-order valence-electron chi connectivity index (χ1n) is 14.7. The lowest BCUT2D eigenvalue weighted by molar-refractivity contribution is -0.143. The van der Waals surface area contributed by atoms with Crippen LogP contribution in [0, 0.1) is 0 Å². The van der Waals surface area contributed by atoms with Crippen LogP contribution in [0.15, 0.2) is 12.2 Å². The Kier molecular flexibility index (Phi) is 28.5. The molecule has 0 atom stereocenters. The summed E-state index contributed by atoms with van der Waals surface area (Å²) in [5.41, 5.74) is 0. The van der Waals surface area contributed by atoms with Gasteiger partial charge in [-0.2, -0.15) is 0 Å². The van der Waals surface area contributed by atoms with Gasteiger partial charge < -0.3 is 9.84 Å². The zero-order chi connectivity index (χ0) is 24.1. The molecule has 1 N–H and O–H groups in total. The van der Waals surface area contributed by atoms with Crippen molar-refractivity contribution in [3.8, 4) is 0 Å². The summed E-state index contributed by atoms with van der Waals surface area (Å²) < 4.78 is 5.38. The maximum Gasteiger partial charge on any atom is 0.305 e. The standard InChI is InChI=1S/C30H58O3/c1-2-3-4-5-6-7-8-9-10-11-12-15-18-21-24-27-30(32)33-29-26-23-20-17-14-13-16-19-22-25-28-31/h9-10,31H,2-8,11-29H2,1H3/b10-9-. The quantitative estimate of drug-likeness (QED) is 0.0744. The van der Waals surface area contributed by atoms with Gasteiger partial charge in [0.2, 0.25) is 0 Å². The third kappa shape index (κ3) is 29.1. The number of ether oxygens (including phenoxy) is 1. The molecule has 0 aromatic rings. The average molecular weight is 467 g/mol.